The molecule has 106 valence electrons. The third-order valence-corrected chi connectivity index (χ3v) is 5.02. The van der Waals surface area contributed by atoms with Gasteiger partial charge >= 0.3 is 0 Å². The Hall–Kier alpha value is -0.840. The van der Waals surface area contributed by atoms with E-state index in [0.29, 0.717) is 21.9 Å². The lowest BCUT2D eigenvalue weighted by Crippen LogP contribution is -2.23. The van der Waals surface area contributed by atoms with Crippen LogP contribution in [0.4, 0.5) is 0 Å². The molecular formula is C15H16ClNOS2. The van der Waals surface area contributed by atoms with Crippen molar-refractivity contribution in [3.05, 3.63) is 47.0 Å². The average Bonchev–Trinajstić information content (AvgIpc) is 2.98. The van der Waals surface area contributed by atoms with Crippen LogP contribution in [0.25, 0.3) is 0 Å². The molecule has 1 fully saturated rings. The van der Waals surface area contributed by atoms with Crippen molar-refractivity contribution in [2.75, 3.05) is 18.8 Å². The van der Waals surface area contributed by atoms with Crippen LogP contribution in [0.5, 0.6) is 0 Å². The molecule has 0 amide bonds. The number of ketones is 1. The van der Waals surface area contributed by atoms with Crippen molar-refractivity contribution in [2.45, 2.75) is 12.8 Å². The minimum Gasteiger partial charge on any atom is -0.358 e. The van der Waals surface area contributed by atoms with Crippen LogP contribution in [-0.4, -0.2) is 33.8 Å². The number of benzene rings is 1. The smallest absolute Gasteiger partial charge is 0.189 e. The minimum atomic E-state index is -0.0432. The van der Waals surface area contributed by atoms with Crippen LogP contribution in [0.3, 0.4) is 0 Å². The zero-order valence-electron chi connectivity index (χ0n) is 11.1. The highest BCUT2D eigenvalue weighted by Crippen LogP contribution is 2.20. The molecular weight excluding hydrogens is 310 g/mol. The van der Waals surface area contributed by atoms with Crippen molar-refractivity contribution < 1.29 is 4.79 Å². The molecule has 1 aromatic rings. The number of Topliss-reactive ketones (excluding diaryl/α,β-unsaturated/α-hetero) is 1. The third-order valence-electron chi connectivity index (χ3n) is 3.16. The number of halogens is 1. The summed E-state index contributed by atoms with van der Waals surface area (Å²) in [6.45, 7) is 5.93. The van der Waals surface area contributed by atoms with Crippen molar-refractivity contribution in [1.82, 2.24) is 4.90 Å². The molecule has 0 N–H and O–H groups in total. The van der Waals surface area contributed by atoms with Gasteiger partial charge in [0, 0.05) is 35.0 Å². The highest BCUT2D eigenvalue weighted by atomic mass is 35.5. The molecule has 0 aromatic heterocycles. The molecule has 0 aliphatic carbocycles. The van der Waals surface area contributed by atoms with E-state index in [-0.39, 0.29) is 5.78 Å². The van der Waals surface area contributed by atoms with E-state index in [4.69, 9.17) is 23.8 Å². The Morgan fingerprint density at radius 1 is 1.30 bits per heavy atom. The molecule has 1 aliphatic heterocycles. The van der Waals surface area contributed by atoms with E-state index in [1.807, 2.05) is 0 Å². The van der Waals surface area contributed by atoms with Crippen LogP contribution < -0.4 is 0 Å². The first kappa shape index (κ1) is 15.5. The maximum absolute atomic E-state index is 12.2. The molecule has 1 aliphatic rings. The summed E-state index contributed by atoms with van der Waals surface area (Å²) in [4.78, 5) is 14.4. The van der Waals surface area contributed by atoms with E-state index < -0.39 is 0 Å². The third kappa shape index (κ3) is 4.08. The predicted octanol–water partition coefficient (Wildman–Crippen LogP) is 4.19. The first-order chi connectivity index (χ1) is 9.58. The summed E-state index contributed by atoms with van der Waals surface area (Å²) in [6, 6.07) is 6.87. The number of rotatable bonds is 4. The maximum atomic E-state index is 12.2. The van der Waals surface area contributed by atoms with Crippen molar-refractivity contribution in [1.29, 1.82) is 0 Å². The van der Waals surface area contributed by atoms with E-state index in [1.54, 1.807) is 24.3 Å². The highest BCUT2D eigenvalue weighted by Gasteiger charge is 2.17. The Morgan fingerprint density at radius 2 is 1.90 bits per heavy atom. The summed E-state index contributed by atoms with van der Waals surface area (Å²) in [7, 11) is 0. The fourth-order valence-electron chi connectivity index (χ4n) is 2.01. The van der Waals surface area contributed by atoms with Crippen molar-refractivity contribution in [3.8, 4) is 0 Å². The van der Waals surface area contributed by atoms with Gasteiger partial charge in [-0.05, 0) is 37.1 Å². The van der Waals surface area contributed by atoms with Crippen LogP contribution in [-0.2, 0) is 0 Å². The molecule has 2 rings (SSSR count). The lowest BCUT2D eigenvalue weighted by Gasteiger charge is -2.17. The lowest BCUT2D eigenvalue weighted by molar-refractivity contribution is 0.103. The fourth-order valence-corrected chi connectivity index (χ4v) is 3.29. The first-order valence-electron chi connectivity index (χ1n) is 6.47. The number of thioether (sulfide) groups is 1. The van der Waals surface area contributed by atoms with Crippen LogP contribution in [0, 0.1) is 0 Å². The van der Waals surface area contributed by atoms with Gasteiger partial charge in [0.15, 0.2) is 5.78 Å². The Bertz CT molecular complexity index is 521. The van der Waals surface area contributed by atoms with Crippen molar-refractivity contribution >= 4 is 45.7 Å². The van der Waals surface area contributed by atoms with E-state index >= 15 is 0 Å². The number of hydrogen-bond donors (Lipinski definition) is 0. The molecule has 0 atom stereocenters. The van der Waals surface area contributed by atoms with Crippen molar-refractivity contribution in [2.24, 2.45) is 0 Å². The second-order valence-corrected chi connectivity index (χ2v) is 6.73. The van der Waals surface area contributed by atoms with Gasteiger partial charge in [-0.3, -0.25) is 4.79 Å². The second kappa shape index (κ2) is 7.25. The van der Waals surface area contributed by atoms with Gasteiger partial charge in [0.25, 0.3) is 0 Å². The molecule has 0 saturated carbocycles. The summed E-state index contributed by atoms with van der Waals surface area (Å²) in [5.41, 5.74) is 1.19. The number of likely N-dealkylation sites (tertiary alicyclic amines) is 1. The summed E-state index contributed by atoms with van der Waals surface area (Å²) < 4.78 is 0.868. The largest absolute Gasteiger partial charge is 0.358 e. The highest BCUT2D eigenvalue weighted by molar-refractivity contribution is 8.23. The molecule has 0 unspecified atom stereocenters. The number of thiocarbonyl (C=S) groups is 1. The monoisotopic (exact) mass is 325 g/mol. The molecule has 1 saturated heterocycles. The number of hydrogen-bond acceptors (Lipinski definition) is 3. The zero-order chi connectivity index (χ0) is 14.5. The predicted molar refractivity (Wildman–Crippen MR) is 90.8 cm³/mol. The molecule has 5 heteroatoms. The first-order valence-corrected chi connectivity index (χ1v) is 8.25. The van der Waals surface area contributed by atoms with E-state index in [2.05, 4.69) is 11.5 Å². The molecule has 0 radical (unpaired) electrons. The van der Waals surface area contributed by atoms with E-state index in [0.717, 1.165) is 17.4 Å². The molecule has 0 bridgehead atoms. The number of carbonyl (C=O) groups excluding carboxylic acids is 1. The molecule has 2 nitrogen and oxygen atoms in total. The van der Waals surface area contributed by atoms with Gasteiger partial charge in [0.1, 0.15) is 4.32 Å². The molecule has 1 aromatic carbocycles. The van der Waals surface area contributed by atoms with E-state index in [9.17, 15) is 4.79 Å². The summed E-state index contributed by atoms with van der Waals surface area (Å²) in [6.07, 6.45) is 2.40. The Morgan fingerprint density at radius 3 is 2.50 bits per heavy atom. The summed E-state index contributed by atoms with van der Waals surface area (Å²) in [5, 5.41) is 0.622. The Labute approximate surface area is 134 Å². The number of nitrogens with zero attached hydrogens (tertiary/aromatic N) is 1. The van der Waals surface area contributed by atoms with Crippen LogP contribution >= 0.6 is 35.6 Å². The normalized spacial score (nSPS) is 14.3. The summed E-state index contributed by atoms with van der Waals surface area (Å²) in [5.74, 6) is 0.495. The van der Waals surface area contributed by atoms with E-state index in [1.165, 1.54) is 24.6 Å². The molecule has 0 spiro atoms. The zero-order valence-corrected chi connectivity index (χ0v) is 13.5. The molecule has 1 heterocycles. The van der Waals surface area contributed by atoms with Gasteiger partial charge in [-0.25, -0.2) is 0 Å². The minimum absolute atomic E-state index is 0.0432. The second-order valence-electron chi connectivity index (χ2n) is 4.69. The number of carbonyl (C=O) groups is 1. The van der Waals surface area contributed by atoms with Crippen LogP contribution in [0.1, 0.15) is 23.2 Å². The van der Waals surface area contributed by atoms with Gasteiger partial charge in [-0.1, -0.05) is 42.2 Å². The SMILES string of the molecule is C=C(CSC(=S)N1CCCC1)C(=O)c1ccc(Cl)cc1. The molecule has 20 heavy (non-hydrogen) atoms. The van der Waals surface area contributed by atoms with Crippen LogP contribution in [0.2, 0.25) is 5.02 Å². The Kier molecular flexibility index (Phi) is 5.64. The topological polar surface area (TPSA) is 20.3 Å². The quantitative estimate of drug-likeness (QED) is 0.469. The van der Waals surface area contributed by atoms with Gasteiger partial charge < -0.3 is 4.90 Å². The Balaban J connectivity index is 1.86. The van der Waals surface area contributed by atoms with Gasteiger partial charge in [-0.2, -0.15) is 0 Å². The van der Waals surface area contributed by atoms with Gasteiger partial charge in [-0.15, -0.1) is 0 Å². The average molecular weight is 326 g/mol. The lowest BCUT2D eigenvalue weighted by atomic mass is 10.1. The van der Waals surface area contributed by atoms with Gasteiger partial charge in [0.05, 0.1) is 0 Å². The maximum Gasteiger partial charge on any atom is 0.189 e. The van der Waals surface area contributed by atoms with Crippen LogP contribution in [0.15, 0.2) is 36.4 Å². The van der Waals surface area contributed by atoms with Crippen molar-refractivity contribution in [3.63, 3.8) is 0 Å². The summed E-state index contributed by atoms with van der Waals surface area (Å²) >= 11 is 12.7. The fraction of sp³-hybridized carbons (Fsp3) is 0.333. The van der Waals surface area contributed by atoms with Gasteiger partial charge in [0.2, 0.25) is 0 Å². The standard InChI is InChI=1S/C15H16ClNOS2/c1-11(10-20-15(19)17-8-2-3-9-17)14(18)12-4-6-13(16)7-5-12/h4-7H,1-3,8-10H2.